The van der Waals surface area contributed by atoms with Crippen molar-refractivity contribution < 1.29 is 23.0 Å². The molecule has 1 aliphatic heterocycles. The lowest BCUT2D eigenvalue weighted by Crippen LogP contribution is -2.25. The first-order chi connectivity index (χ1) is 15.9. The van der Waals surface area contributed by atoms with Gasteiger partial charge in [-0.05, 0) is 54.8 Å². The number of aromatic nitrogens is 3. The van der Waals surface area contributed by atoms with Gasteiger partial charge in [0.2, 0.25) is 0 Å². The normalized spacial score (nSPS) is 16.3. The van der Waals surface area contributed by atoms with E-state index in [4.69, 9.17) is 9.72 Å². The Balaban J connectivity index is 1.21. The number of aryl methyl sites for hydroxylation is 1. The van der Waals surface area contributed by atoms with Crippen molar-refractivity contribution in [1.82, 2.24) is 14.1 Å². The summed E-state index contributed by atoms with van der Waals surface area (Å²) < 4.78 is 44.5. The molecule has 2 aromatic heterocycles. The van der Waals surface area contributed by atoms with Crippen molar-refractivity contribution in [3.8, 4) is 22.9 Å². The van der Waals surface area contributed by atoms with E-state index in [0.29, 0.717) is 17.2 Å². The van der Waals surface area contributed by atoms with E-state index in [-0.39, 0.29) is 23.7 Å². The lowest BCUT2D eigenvalue weighted by atomic mass is 10.2. The second-order valence-corrected chi connectivity index (χ2v) is 8.28. The number of hydrogen-bond acceptors (Lipinski definition) is 5. The maximum Gasteiger partial charge on any atom is 0.586 e. The third-order valence-electron chi connectivity index (χ3n) is 5.88. The molecule has 7 nitrogen and oxygen atoms in total. The second kappa shape index (κ2) is 7.06. The molecule has 1 saturated carbocycles. The molecule has 0 atom stereocenters. The number of imidazole rings is 1. The van der Waals surface area contributed by atoms with Crippen molar-refractivity contribution in [2.75, 3.05) is 0 Å². The van der Waals surface area contributed by atoms with Crippen LogP contribution in [0.4, 0.5) is 8.78 Å². The average molecular weight is 451 g/mol. The molecule has 0 radical (unpaired) electrons. The van der Waals surface area contributed by atoms with Gasteiger partial charge in [0.15, 0.2) is 11.5 Å². The summed E-state index contributed by atoms with van der Waals surface area (Å²) in [6.07, 6.45) is 0.328. The Hall–Kier alpha value is -3.88. The van der Waals surface area contributed by atoms with E-state index in [9.17, 15) is 13.6 Å². The molecular formula is C24H19F2N3O4. The van der Waals surface area contributed by atoms with E-state index in [0.717, 1.165) is 22.5 Å². The van der Waals surface area contributed by atoms with Crippen molar-refractivity contribution in [2.24, 2.45) is 7.05 Å². The molecule has 2 aromatic carbocycles. The number of rotatable bonds is 5. The summed E-state index contributed by atoms with van der Waals surface area (Å²) in [5, 5.41) is 0. The molecule has 168 valence electrons. The largest absolute Gasteiger partial charge is 0.586 e. The molecule has 9 heteroatoms. The highest BCUT2D eigenvalue weighted by atomic mass is 19.3. The van der Waals surface area contributed by atoms with Gasteiger partial charge in [0.1, 0.15) is 18.2 Å². The van der Waals surface area contributed by atoms with Crippen LogP contribution in [0.25, 0.3) is 16.7 Å². The quantitative estimate of drug-likeness (QED) is 0.447. The van der Waals surface area contributed by atoms with E-state index in [1.165, 1.54) is 31.0 Å². The lowest BCUT2D eigenvalue weighted by Gasteiger charge is -2.10. The van der Waals surface area contributed by atoms with Gasteiger partial charge in [-0.1, -0.05) is 6.07 Å². The number of alkyl halides is 2. The van der Waals surface area contributed by atoms with Gasteiger partial charge in [0, 0.05) is 25.2 Å². The Labute approximate surface area is 186 Å². The van der Waals surface area contributed by atoms with E-state index in [1.807, 2.05) is 25.2 Å². The highest BCUT2D eigenvalue weighted by Crippen LogP contribution is 2.41. The molecule has 0 N–H and O–H groups in total. The molecule has 0 spiro atoms. The fourth-order valence-electron chi connectivity index (χ4n) is 4.07. The van der Waals surface area contributed by atoms with Crippen LogP contribution in [0.1, 0.15) is 30.1 Å². The van der Waals surface area contributed by atoms with Gasteiger partial charge in [-0.2, -0.15) is 0 Å². The Kier molecular flexibility index (Phi) is 4.23. The molecule has 6 rings (SSSR count). The number of pyridine rings is 1. The summed E-state index contributed by atoms with van der Waals surface area (Å²) in [6, 6.07) is 13.3. The van der Waals surface area contributed by atoms with Crippen LogP contribution in [0.5, 0.6) is 17.2 Å². The van der Waals surface area contributed by atoms with E-state index < -0.39 is 6.29 Å². The van der Waals surface area contributed by atoms with Crippen molar-refractivity contribution in [3.63, 3.8) is 0 Å². The van der Waals surface area contributed by atoms with Gasteiger partial charge >= 0.3 is 6.29 Å². The molecule has 1 aliphatic carbocycles. The Bertz CT molecular complexity index is 1460. The topological polar surface area (TPSA) is 67.5 Å². The maximum absolute atomic E-state index is 13.2. The third kappa shape index (κ3) is 3.59. The number of fused-ring (bicyclic) bond motifs is 2. The Morgan fingerprint density at radius 2 is 1.91 bits per heavy atom. The van der Waals surface area contributed by atoms with Gasteiger partial charge in [-0.25, -0.2) is 4.98 Å². The molecule has 1 fully saturated rings. The van der Waals surface area contributed by atoms with Gasteiger partial charge in [0.25, 0.3) is 5.56 Å². The van der Waals surface area contributed by atoms with Crippen LogP contribution in [0.2, 0.25) is 0 Å². The van der Waals surface area contributed by atoms with Crippen LogP contribution in [0.15, 0.2) is 59.5 Å². The number of hydrogen-bond donors (Lipinski definition) is 0. The van der Waals surface area contributed by atoms with Crippen LogP contribution >= 0.6 is 0 Å². The molecule has 2 aliphatic rings. The van der Waals surface area contributed by atoms with Crippen LogP contribution in [0.3, 0.4) is 0 Å². The van der Waals surface area contributed by atoms with E-state index in [2.05, 4.69) is 14.0 Å². The summed E-state index contributed by atoms with van der Waals surface area (Å²) in [4.78, 5) is 17.5. The average Bonchev–Trinajstić information content (AvgIpc) is 3.50. The minimum Gasteiger partial charge on any atom is -0.489 e. The SMILES string of the molecule is Cn1c(C2CC2)nc2ccc(-n3ccc(OCc4ccc5c(c4)OC(F)(F)O5)cc3=O)cc21. The van der Waals surface area contributed by atoms with Crippen molar-refractivity contribution in [2.45, 2.75) is 31.7 Å². The lowest BCUT2D eigenvalue weighted by molar-refractivity contribution is -0.286. The summed E-state index contributed by atoms with van der Waals surface area (Å²) in [7, 11) is 2.00. The molecule has 33 heavy (non-hydrogen) atoms. The van der Waals surface area contributed by atoms with Gasteiger partial charge in [0.05, 0.1) is 16.7 Å². The summed E-state index contributed by atoms with van der Waals surface area (Å²) >= 11 is 0. The number of nitrogens with zero attached hydrogens (tertiary/aromatic N) is 3. The fourth-order valence-corrected chi connectivity index (χ4v) is 4.07. The zero-order valence-electron chi connectivity index (χ0n) is 17.6. The molecule has 3 heterocycles. The standard InChI is InChI=1S/C24H19F2N3O4/c1-28-19-11-16(5-6-18(19)27-23(28)15-3-4-15)29-9-8-17(12-22(29)30)31-13-14-2-7-20-21(10-14)33-24(25,26)32-20/h2,5-12,15H,3-4,13H2,1H3. The van der Waals surface area contributed by atoms with Crippen LogP contribution in [0, 0.1) is 0 Å². The zero-order chi connectivity index (χ0) is 22.7. The van der Waals surface area contributed by atoms with Gasteiger partial charge < -0.3 is 18.8 Å². The van der Waals surface area contributed by atoms with Crippen molar-refractivity contribution in [3.05, 3.63) is 76.5 Å². The van der Waals surface area contributed by atoms with Crippen LogP contribution in [-0.2, 0) is 13.7 Å². The second-order valence-electron chi connectivity index (χ2n) is 8.28. The number of halogens is 2. The minimum atomic E-state index is -3.66. The highest BCUT2D eigenvalue weighted by Gasteiger charge is 2.43. The molecule has 0 amide bonds. The third-order valence-corrected chi connectivity index (χ3v) is 5.88. The molecule has 0 bridgehead atoms. The minimum absolute atomic E-state index is 0.0269. The van der Waals surface area contributed by atoms with E-state index >= 15 is 0 Å². The zero-order valence-corrected chi connectivity index (χ0v) is 17.6. The molecule has 0 unspecified atom stereocenters. The first-order valence-corrected chi connectivity index (χ1v) is 10.6. The predicted molar refractivity (Wildman–Crippen MR) is 115 cm³/mol. The summed E-state index contributed by atoms with van der Waals surface area (Å²) in [5.74, 6) is 1.92. The summed E-state index contributed by atoms with van der Waals surface area (Å²) in [6.45, 7) is 0.0799. The van der Waals surface area contributed by atoms with Gasteiger partial charge in [-0.3, -0.25) is 9.36 Å². The highest BCUT2D eigenvalue weighted by molar-refractivity contribution is 5.78. The molecule has 4 aromatic rings. The monoisotopic (exact) mass is 451 g/mol. The van der Waals surface area contributed by atoms with Crippen LogP contribution in [-0.4, -0.2) is 20.4 Å². The van der Waals surface area contributed by atoms with E-state index in [1.54, 1.807) is 22.9 Å². The molecule has 0 saturated heterocycles. The number of benzene rings is 2. The summed E-state index contributed by atoms with van der Waals surface area (Å²) in [5.41, 5.74) is 2.99. The van der Waals surface area contributed by atoms with Crippen molar-refractivity contribution in [1.29, 1.82) is 0 Å². The van der Waals surface area contributed by atoms with Gasteiger partial charge in [-0.15, -0.1) is 8.78 Å². The number of ether oxygens (including phenoxy) is 3. The maximum atomic E-state index is 13.2. The smallest absolute Gasteiger partial charge is 0.489 e. The molecular weight excluding hydrogens is 432 g/mol. The first kappa shape index (κ1) is 19.8. The first-order valence-electron chi connectivity index (χ1n) is 10.6. The van der Waals surface area contributed by atoms with Crippen molar-refractivity contribution >= 4 is 11.0 Å². The Morgan fingerprint density at radius 1 is 1.09 bits per heavy atom. The predicted octanol–water partition coefficient (Wildman–Crippen LogP) is 4.50. The Morgan fingerprint density at radius 3 is 2.70 bits per heavy atom. The van der Waals surface area contributed by atoms with Crippen LogP contribution < -0.4 is 19.8 Å². The fraction of sp³-hybridized carbons (Fsp3) is 0.250.